The zero-order valence-electron chi connectivity index (χ0n) is 11.2. The predicted molar refractivity (Wildman–Crippen MR) is 70.2 cm³/mol. The van der Waals surface area contributed by atoms with Crippen molar-refractivity contribution < 1.29 is 14.3 Å². The van der Waals surface area contributed by atoms with Crippen LogP contribution in [0, 0.1) is 0 Å². The first-order chi connectivity index (χ1) is 8.35. The predicted octanol–water partition coefficient (Wildman–Crippen LogP) is 0.590. The molecule has 0 aromatic carbocycles. The van der Waals surface area contributed by atoms with Gasteiger partial charge in [-0.15, -0.1) is 11.8 Å². The smallest absolute Gasteiger partial charge is 0.249 e. The van der Waals surface area contributed by atoms with Crippen LogP contribution in [0.25, 0.3) is 0 Å². The molecule has 0 bridgehead atoms. The highest BCUT2D eigenvalue weighted by molar-refractivity contribution is 8.01. The van der Waals surface area contributed by atoms with Gasteiger partial charge < -0.3 is 15.0 Å². The zero-order valence-corrected chi connectivity index (χ0v) is 12.0. The first-order valence-electron chi connectivity index (χ1n) is 6.26. The summed E-state index contributed by atoms with van der Waals surface area (Å²) in [4.78, 5) is 25.6. The third-order valence-corrected chi connectivity index (χ3v) is 4.75. The Morgan fingerprint density at radius 1 is 1.67 bits per heavy atom. The average Bonchev–Trinajstić information content (AvgIpc) is 2.59. The number of amides is 2. The van der Waals surface area contributed by atoms with E-state index in [1.165, 1.54) is 0 Å². The van der Waals surface area contributed by atoms with Gasteiger partial charge in [-0.1, -0.05) is 0 Å². The standard InChI is InChI=1S/C12H20N2O3S/c1-5-17-7(2)9(15)13-8-10(16)14-6-12(3,4)18-11(8)14/h7-8,11H,5-6H2,1-4H3,(H,13,15). The maximum atomic E-state index is 11.9. The molecule has 2 saturated heterocycles. The molecule has 0 aromatic heterocycles. The van der Waals surface area contributed by atoms with Crippen molar-refractivity contribution in [3.05, 3.63) is 0 Å². The largest absolute Gasteiger partial charge is 0.369 e. The molecule has 0 aliphatic carbocycles. The van der Waals surface area contributed by atoms with Gasteiger partial charge in [0.15, 0.2) is 0 Å². The fourth-order valence-electron chi connectivity index (χ4n) is 2.33. The van der Waals surface area contributed by atoms with E-state index < -0.39 is 6.10 Å². The number of thioether (sulfide) groups is 1. The number of nitrogens with one attached hydrogen (secondary N) is 1. The van der Waals surface area contributed by atoms with Gasteiger partial charge in [0, 0.05) is 17.9 Å². The minimum Gasteiger partial charge on any atom is -0.369 e. The Bertz CT molecular complexity index is 372. The number of ether oxygens (including phenoxy) is 1. The van der Waals surface area contributed by atoms with E-state index in [2.05, 4.69) is 19.2 Å². The van der Waals surface area contributed by atoms with Crippen molar-refractivity contribution in [2.75, 3.05) is 13.2 Å². The molecule has 1 N–H and O–H groups in total. The molecule has 0 spiro atoms. The third kappa shape index (κ3) is 2.36. The van der Waals surface area contributed by atoms with E-state index in [0.717, 1.165) is 6.54 Å². The van der Waals surface area contributed by atoms with E-state index in [9.17, 15) is 9.59 Å². The van der Waals surface area contributed by atoms with Crippen molar-refractivity contribution >= 4 is 23.6 Å². The lowest BCUT2D eigenvalue weighted by atomic mass is 10.0. The van der Waals surface area contributed by atoms with Gasteiger partial charge in [-0.3, -0.25) is 9.59 Å². The Balaban J connectivity index is 1.92. The maximum absolute atomic E-state index is 11.9. The minimum absolute atomic E-state index is 0.0233. The second-order valence-corrected chi connectivity index (χ2v) is 7.14. The number of nitrogens with zero attached hydrogens (tertiary/aromatic N) is 1. The van der Waals surface area contributed by atoms with Gasteiger partial charge in [-0.2, -0.15) is 0 Å². The van der Waals surface area contributed by atoms with Crippen LogP contribution >= 0.6 is 11.8 Å². The number of hydrogen-bond acceptors (Lipinski definition) is 4. The van der Waals surface area contributed by atoms with Crippen molar-refractivity contribution in [1.82, 2.24) is 10.2 Å². The number of carbonyl (C=O) groups excluding carboxylic acids is 2. The number of fused-ring (bicyclic) bond motifs is 1. The van der Waals surface area contributed by atoms with Gasteiger partial charge in [0.25, 0.3) is 0 Å². The van der Waals surface area contributed by atoms with Crippen molar-refractivity contribution in [1.29, 1.82) is 0 Å². The van der Waals surface area contributed by atoms with Crippen LogP contribution in [0.2, 0.25) is 0 Å². The van der Waals surface area contributed by atoms with E-state index >= 15 is 0 Å². The lowest BCUT2D eigenvalue weighted by Crippen LogP contribution is -2.68. The molecule has 0 saturated carbocycles. The fourth-order valence-corrected chi connectivity index (χ4v) is 3.82. The number of β-lactam (4-membered cyclic amide) rings is 1. The second-order valence-electron chi connectivity index (χ2n) is 5.32. The summed E-state index contributed by atoms with van der Waals surface area (Å²) in [5, 5.41) is 2.87. The molecule has 2 aliphatic rings. The van der Waals surface area contributed by atoms with Crippen molar-refractivity contribution in [2.45, 2.75) is 50.0 Å². The molecule has 18 heavy (non-hydrogen) atoms. The number of carbonyl (C=O) groups is 2. The summed E-state index contributed by atoms with van der Waals surface area (Å²) >= 11 is 1.75. The Hall–Kier alpha value is -0.750. The first-order valence-corrected chi connectivity index (χ1v) is 7.14. The van der Waals surface area contributed by atoms with Gasteiger partial charge in [0.05, 0.1) is 0 Å². The molecule has 2 fully saturated rings. The van der Waals surface area contributed by atoms with Gasteiger partial charge >= 0.3 is 0 Å². The van der Waals surface area contributed by atoms with E-state index in [0.29, 0.717) is 6.61 Å². The van der Waals surface area contributed by atoms with Crippen LogP contribution in [-0.2, 0) is 14.3 Å². The highest BCUT2D eigenvalue weighted by atomic mass is 32.2. The molecule has 0 radical (unpaired) electrons. The van der Waals surface area contributed by atoms with E-state index in [1.807, 2.05) is 11.8 Å². The zero-order chi connectivity index (χ0) is 13.5. The van der Waals surface area contributed by atoms with Gasteiger partial charge in [-0.05, 0) is 27.7 Å². The van der Waals surface area contributed by atoms with Crippen LogP contribution in [0.15, 0.2) is 0 Å². The summed E-state index contributed by atoms with van der Waals surface area (Å²) in [5.41, 5.74) is 0. The Labute approximate surface area is 112 Å². The molecular formula is C12H20N2O3S. The summed E-state index contributed by atoms with van der Waals surface area (Å²) in [7, 11) is 0. The Kier molecular flexibility index (Phi) is 3.60. The number of rotatable bonds is 4. The first kappa shape index (κ1) is 13.7. The topological polar surface area (TPSA) is 58.6 Å². The van der Waals surface area contributed by atoms with Crippen molar-refractivity contribution in [3.63, 3.8) is 0 Å². The summed E-state index contributed by atoms with van der Waals surface area (Å²) in [6.45, 7) is 9.02. The molecule has 3 unspecified atom stereocenters. The molecule has 3 atom stereocenters. The summed E-state index contributed by atoms with van der Waals surface area (Å²) < 4.78 is 5.29. The van der Waals surface area contributed by atoms with E-state index in [-0.39, 0.29) is 28.0 Å². The monoisotopic (exact) mass is 272 g/mol. The Morgan fingerprint density at radius 2 is 2.33 bits per heavy atom. The lowest BCUT2D eigenvalue weighted by Gasteiger charge is -2.41. The second kappa shape index (κ2) is 4.74. The highest BCUT2D eigenvalue weighted by Gasteiger charge is 2.56. The van der Waals surface area contributed by atoms with E-state index in [1.54, 1.807) is 18.7 Å². The van der Waals surface area contributed by atoms with Gasteiger partial charge in [0.1, 0.15) is 17.5 Å². The fraction of sp³-hybridized carbons (Fsp3) is 0.833. The summed E-state index contributed by atoms with van der Waals surface area (Å²) in [6.07, 6.45) is -0.503. The molecule has 6 heteroatoms. The normalized spacial score (nSPS) is 30.7. The van der Waals surface area contributed by atoms with Crippen LogP contribution in [-0.4, -0.2) is 52.1 Å². The molecule has 5 nitrogen and oxygen atoms in total. The molecule has 102 valence electrons. The van der Waals surface area contributed by atoms with E-state index in [4.69, 9.17) is 4.74 Å². The van der Waals surface area contributed by atoms with Gasteiger partial charge in [0.2, 0.25) is 11.8 Å². The molecule has 0 aromatic rings. The van der Waals surface area contributed by atoms with Crippen LogP contribution in [0.4, 0.5) is 0 Å². The molecule has 2 heterocycles. The van der Waals surface area contributed by atoms with Crippen LogP contribution in [0.1, 0.15) is 27.7 Å². The maximum Gasteiger partial charge on any atom is 0.249 e. The molecule has 2 aliphatic heterocycles. The lowest BCUT2D eigenvalue weighted by molar-refractivity contribution is -0.149. The third-order valence-electron chi connectivity index (χ3n) is 3.22. The van der Waals surface area contributed by atoms with Crippen LogP contribution < -0.4 is 5.32 Å². The minimum atomic E-state index is -0.503. The van der Waals surface area contributed by atoms with Crippen molar-refractivity contribution in [3.8, 4) is 0 Å². The number of hydrogen-bond donors (Lipinski definition) is 1. The van der Waals surface area contributed by atoms with Crippen molar-refractivity contribution in [2.24, 2.45) is 0 Å². The molecular weight excluding hydrogens is 252 g/mol. The summed E-state index contributed by atoms with van der Waals surface area (Å²) in [5.74, 6) is -0.185. The average molecular weight is 272 g/mol. The van der Waals surface area contributed by atoms with Gasteiger partial charge in [-0.25, -0.2) is 0 Å². The molecule has 2 amide bonds. The summed E-state index contributed by atoms with van der Waals surface area (Å²) in [6, 6.07) is -0.382. The quantitative estimate of drug-likeness (QED) is 0.761. The van der Waals surface area contributed by atoms with Crippen LogP contribution in [0.5, 0.6) is 0 Å². The SMILES string of the molecule is CCOC(C)C(=O)NC1C(=O)N2CC(C)(C)SC12. The highest BCUT2D eigenvalue weighted by Crippen LogP contribution is 2.46. The Morgan fingerprint density at radius 3 is 2.94 bits per heavy atom. The molecule has 2 rings (SSSR count). The van der Waals surface area contributed by atoms with Crippen LogP contribution in [0.3, 0.4) is 0 Å².